The molecule has 0 saturated carbocycles. The lowest BCUT2D eigenvalue weighted by molar-refractivity contribution is 0.439. The summed E-state index contributed by atoms with van der Waals surface area (Å²) >= 11 is 0. The molecule has 1 heterocycles. The molecule has 0 fully saturated rings. The molecule has 0 radical (unpaired) electrons. The van der Waals surface area contributed by atoms with Crippen LogP contribution >= 0.6 is 0 Å². The number of likely N-dealkylation sites (N-methyl/N-ethyl adjacent to an activating group) is 1. The summed E-state index contributed by atoms with van der Waals surface area (Å²) in [6, 6.07) is 4.36. The molecule has 138 valence electrons. The maximum Gasteiger partial charge on any atom is 0.129 e. The molecule has 0 aromatic carbocycles. The van der Waals surface area contributed by atoms with Crippen molar-refractivity contribution in [3.05, 3.63) is 35.7 Å². The highest BCUT2D eigenvalue weighted by Crippen LogP contribution is 2.14. The summed E-state index contributed by atoms with van der Waals surface area (Å²) in [5.41, 5.74) is 2.46. The number of allylic oxidation sites excluding steroid dienone is 1. The monoisotopic (exact) mass is 342 g/mol. The Hall–Kier alpha value is -1.99. The van der Waals surface area contributed by atoms with Gasteiger partial charge in [-0.2, -0.15) is 0 Å². The van der Waals surface area contributed by atoms with Gasteiger partial charge in [0, 0.05) is 51.6 Å². The van der Waals surface area contributed by atoms with Crippen molar-refractivity contribution in [3.63, 3.8) is 0 Å². The van der Waals surface area contributed by atoms with Gasteiger partial charge < -0.3 is 15.5 Å². The highest BCUT2D eigenvalue weighted by atomic mass is 15.1. The second-order valence-electron chi connectivity index (χ2n) is 6.09. The van der Waals surface area contributed by atoms with Crippen LogP contribution in [-0.4, -0.2) is 43.6 Å². The molecule has 2 N–H and O–H groups in total. The van der Waals surface area contributed by atoms with Crippen LogP contribution in [0.4, 0.5) is 5.82 Å². The van der Waals surface area contributed by atoms with Crippen molar-refractivity contribution >= 4 is 5.82 Å². The van der Waals surface area contributed by atoms with Crippen LogP contribution in [0, 0.1) is 11.8 Å². The van der Waals surface area contributed by atoms with Crippen molar-refractivity contribution in [2.24, 2.45) is 0 Å². The molecular formula is C21H34N4. The molecule has 0 unspecified atom stereocenters. The molecule has 1 aromatic rings. The summed E-state index contributed by atoms with van der Waals surface area (Å²) in [5.74, 6) is 7.07. The van der Waals surface area contributed by atoms with Crippen molar-refractivity contribution < 1.29 is 0 Å². The Kier molecular flexibility index (Phi) is 11.2. The number of nitrogens with one attached hydrogen (secondary N) is 2. The highest BCUT2D eigenvalue weighted by Gasteiger charge is 2.02. The van der Waals surface area contributed by atoms with E-state index >= 15 is 0 Å². The first-order valence-corrected chi connectivity index (χ1v) is 9.43. The summed E-state index contributed by atoms with van der Waals surface area (Å²) in [4.78, 5) is 6.87. The summed E-state index contributed by atoms with van der Waals surface area (Å²) in [7, 11) is 4.02. The first-order chi connectivity index (χ1) is 12.2. The number of unbranched alkanes of at least 4 members (excludes halogenated alkanes) is 1. The SMILES string of the molecule is CCC#C/C=C\N(C)CCNCCCCc1ccc(CC)c(NC)n1. The van der Waals surface area contributed by atoms with Gasteiger partial charge in [-0.3, -0.25) is 0 Å². The summed E-state index contributed by atoms with van der Waals surface area (Å²) in [6.45, 7) is 7.27. The zero-order valence-corrected chi connectivity index (χ0v) is 16.4. The van der Waals surface area contributed by atoms with E-state index in [9.17, 15) is 0 Å². The lowest BCUT2D eigenvalue weighted by atomic mass is 10.1. The topological polar surface area (TPSA) is 40.2 Å². The smallest absolute Gasteiger partial charge is 0.129 e. The third-order valence-electron chi connectivity index (χ3n) is 4.02. The fourth-order valence-corrected chi connectivity index (χ4v) is 2.51. The summed E-state index contributed by atoms with van der Waals surface area (Å²) < 4.78 is 0. The third-order valence-corrected chi connectivity index (χ3v) is 4.02. The minimum Gasteiger partial charge on any atom is -0.379 e. The minimum atomic E-state index is 0.907. The number of anilines is 1. The van der Waals surface area contributed by atoms with E-state index in [1.807, 2.05) is 19.3 Å². The molecule has 0 spiro atoms. The van der Waals surface area contributed by atoms with E-state index in [4.69, 9.17) is 4.98 Å². The van der Waals surface area contributed by atoms with Crippen molar-refractivity contribution in [1.82, 2.24) is 15.2 Å². The van der Waals surface area contributed by atoms with E-state index in [2.05, 4.69) is 60.4 Å². The molecule has 0 aliphatic heterocycles. The Morgan fingerprint density at radius 2 is 2.04 bits per heavy atom. The van der Waals surface area contributed by atoms with Crippen LogP contribution in [0.1, 0.15) is 44.4 Å². The number of nitrogens with zero attached hydrogens (tertiary/aromatic N) is 2. The molecule has 0 amide bonds. The van der Waals surface area contributed by atoms with Gasteiger partial charge in [-0.15, -0.1) is 0 Å². The largest absolute Gasteiger partial charge is 0.379 e. The number of aryl methyl sites for hydroxylation is 2. The Morgan fingerprint density at radius 3 is 2.76 bits per heavy atom. The van der Waals surface area contributed by atoms with Crippen molar-refractivity contribution in [1.29, 1.82) is 0 Å². The summed E-state index contributed by atoms with van der Waals surface area (Å²) in [6.07, 6.45) is 9.26. The molecule has 0 atom stereocenters. The van der Waals surface area contributed by atoms with Crippen LogP contribution in [0.25, 0.3) is 0 Å². The average Bonchev–Trinajstić information content (AvgIpc) is 2.64. The van der Waals surface area contributed by atoms with Gasteiger partial charge in [-0.1, -0.05) is 31.8 Å². The second-order valence-corrected chi connectivity index (χ2v) is 6.09. The van der Waals surface area contributed by atoms with Crippen molar-refractivity contribution in [2.45, 2.75) is 46.0 Å². The fraction of sp³-hybridized carbons (Fsp3) is 0.571. The molecule has 25 heavy (non-hydrogen) atoms. The van der Waals surface area contributed by atoms with E-state index in [0.717, 1.165) is 51.1 Å². The van der Waals surface area contributed by atoms with E-state index in [1.54, 1.807) is 0 Å². The number of hydrogen-bond acceptors (Lipinski definition) is 4. The molecule has 0 bridgehead atoms. The van der Waals surface area contributed by atoms with Crippen molar-refractivity contribution in [3.8, 4) is 11.8 Å². The molecule has 0 saturated heterocycles. The van der Waals surface area contributed by atoms with Gasteiger partial charge in [0.2, 0.25) is 0 Å². The zero-order valence-electron chi connectivity index (χ0n) is 16.4. The number of aromatic nitrogens is 1. The van der Waals surface area contributed by atoms with Gasteiger partial charge in [-0.25, -0.2) is 4.98 Å². The minimum absolute atomic E-state index is 0.907. The maximum absolute atomic E-state index is 4.70. The Bertz CT molecular complexity index is 569. The van der Waals surface area contributed by atoms with Crippen LogP contribution < -0.4 is 10.6 Å². The third kappa shape index (κ3) is 9.16. The molecule has 1 rings (SSSR count). The Balaban J connectivity index is 2.13. The molecule has 1 aromatic heterocycles. The van der Waals surface area contributed by atoms with E-state index in [-0.39, 0.29) is 0 Å². The predicted molar refractivity (Wildman–Crippen MR) is 109 cm³/mol. The number of rotatable bonds is 11. The van der Waals surface area contributed by atoms with Gasteiger partial charge in [0.15, 0.2) is 0 Å². The Labute approximate surface area is 154 Å². The Morgan fingerprint density at radius 1 is 1.20 bits per heavy atom. The van der Waals surface area contributed by atoms with Crippen LogP contribution in [-0.2, 0) is 12.8 Å². The number of pyridine rings is 1. The van der Waals surface area contributed by atoms with E-state index in [0.29, 0.717) is 0 Å². The van der Waals surface area contributed by atoms with Gasteiger partial charge in [0.1, 0.15) is 5.82 Å². The lowest BCUT2D eigenvalue weighted by Gasteiger charge is -2.13. The zero-order chi connectivity index (χ0) is 18.3. The van der Waals surface area contributed by atoms with Gasteiger partial charge >= 0.3 is 0 Å². The standard InChI is InChI=1S/C21H34N4/c1-5-7-8-11-17-25(4)18-16-23-15-10-9-12-20-14-13-19(6-2)21(22-3)24-20/h11,13-14,17,23H,5-6,9-10,12,15-16,18H2,1-4H3,(H,22,24)/b17-11-. The van der Waals surface area contributed by atoms with E-state index < -0.39 is 0 Å². The van der Waals surface area contributed by atoms with E-state index in [1.165, 1.54) is 17.7 Å². The molecule has 4 heteroatoms. The fourth-order valence-electron chi connectivity index (χ4n) is 2.51. The predicted octanol–water partition coefficient (Wildman–Crippen LogP) is 3.46. The summed E-state index contributed by atoms with van der Waals surface area (Å²) in [5, 5.41) is 6.70. The molecule has 0 aliphatic rings. The van der Waals surface area contributed by atoms with Crippen LogP contribution in [0.2, 0.25) is 0 Å². The second kappa shape index (κ2) is 13.3. The number of hydrogen-bond donors (Lipinski definition) is 2. The lowest BCUT2D eigenvalue weighted by Crippen LogP contribution is -2.26. The van der Waals surface area contributed by atoms with Gasteiger partial charge in [-0.05, 0) is 43.9 Å². The highest BCUT2D eigenvalue weighted by molar-refractivity contribution is 5.44. The van der Waals surface area contributed by atoms with Crippen LogP contribution in [0.5, 0.6) is 0 Å². The molecule has 4 nitrogen and oxygen atoms in total. The average molecular weight is 343 g/mol. The first kappa shape index (κ1) is 21.1. The van der Waals surface area contributed by atoms with Crippen LogP contribution in [0.15, 0.2) is 24.4 Å². The molecular weight excluding hydrogens is 308 g/mol. The normalized spacial score (nSPS) is 10.6. The maximum atomic E-state index is 4.70. The van der Waals surface area contributed by atoms with Gasteiger partial charge in [0.05, 0.1) is 0 Å². The van der Waals surface area contributed by atoms with Crippen LogP contribution in [0.3, 0.4) is 0 Å². The molecule has 0 aliphatic carbocycles. The van der Waals surface area contributed by atoms with Crippen molar-refractivity contribution in [2.75, 3.05) is 39.0 Å². The first-order valence-electron chi connectivity index (χ1n) is 9.43. The van der Waals surface area contributed by atoms with Gasteiger partial charge in [0.25, 0.3) is 0 Å². The quantitative estimate of drug-likeness (QED) is 0.477.